The van der Waals surface area contributed by atoms with E-state index in [1.807, 2.05) is 0 Å². The lowest BCUT2D eigenvalue weighted by Gasteiger charge is -2.32. The minimum Gasteiger partial charge on any atom is -0.314 e. The fourth-order valence-electron chi connectivity index (χ4n) is 3.09. The van der Waals surface area contributed by atoms with Crippen LogP contribution in [0.25, 0.3) is 0 Å². The molecule has 0 aromatic heterocycles. The number of halogens is 3. The van der Waals surface area contributed by atoms with Gasteiger partial charge in [0.25, 0.3) is 0 Å². The highest BCUT2D eigenvalue weighted by Crippen LogP contribution is 2.27. The normalized spacial score (nSPS) is 23.7. The van der Waals surface area contributed by atoms with Crippen LogP contribution in [0.1, 0.15) is 6.42 Å². The first-order valence-electron chi connectivity index (χ1n) is 7.38. The number of rotatable bonds is 3. The number of sulfonamides is 1. The molecule has 0 radical (unpaired) electrons. The van der Waals surface area contributed by atoms with Crippen LogP contribution < -0.4 is 5.32 Å². The molecule has 1 aromatic rings. The summed E-state index contributed by atoms with van der Waals surface area (Å²) in [5.74, 6) is -0.700. The SMILES string of the molecule is Cl.O=S(=O)(c1cc(Br)ccc1F)N1CCC(N2CCNCC2)C1. The Bertz CT molecular complexity index is 655. The highest BCUT2D eigenvalue weighted by atomic mass is 79.9. The monoisotopic (exact) mass is 427 g/mol. The summed E-state index contributed by atoms with van der Waals surface area (Å²) >= 11 is 3.21. The molecule has 9 heteroatoms. The van der Waals surface area contributed by atoms with Crippen molar-refractivity contribution in [3.05, 3.63) is 28.5 Å². The van der Waals surface area contributed by atoms with Gasteiger partial charge in [0.2, 0.25) is 10.0 Å². The minimum absolute atomic E-state index is 0. The van der Waals surface area contributed by atoms with E-state index >= 15 is 0 Å². The molecule has 0 amide bonds. The largest absolute Gasteiger partial charge is 0.314 e. The van der Waals surface area contributed by atoms with E-state index in [4.69, 9.17) is 0 Å². The molecule has 2 aliphatic rings. The average Bonchev–Trinajstić information content (AvgIpc) is 3.01. The zero-order valence-corrected chi connectivity index (χ0v) is 15.8. The summed E-state index contributed by atoms with van der Waals surface area (Å²) in [6.45, 7) is 4.62. The maximum Gasteiger partial charge on any atom is 0.246 e. The number of nitrogens with one attached hydrogen (secondary N) is 1. The summed E-state index contributed by atoms with van der Waals surface area (Å²) in [5.41, 5.74) is 0. The number of piperazine rings is 1. The van der Waals surface area contributed by atoms with Crippen molar-refractivity contribution in [2.24, 2.45) is 0 Å². The molecule has 2 aliphatic heterocycles. The Balaban J connectivity index is 0.00000192. The lowest BCUT2D eigenvalue weighted by molar-refractivity contribution is 0.179. The Labute approximate surface area is 150 Å². The van der Waals surface area contributed by atoms with Gasteiger partial charge in [0.15, 0.2) is 0 Å². The first-order valence-corrected chi connectivity index (χ1v) is 9.62. The molecule has 0 bridgehead atoms. The van der Waals surface area contributed by atoms with Gasteiger partial charge in [0.05, 0.1) is 0 Å². The van der Waals surface area contributed by atoms with E-state index < -0.39 is 15.8 Å². The van der Waals surface area contributed by atoms with E-state index in [2.05, 4.69) is 26.1 Å². The second-order valence-electron chi connectivity index (χ2n) is 5.67. The third kappa shape index (κ3) is 4.05. The second-order valence-corrected chi connectivity index (χ2v) is 8.49. The number of hydrogen-bond donors (Lipinski definition) is 1. The van der Waals surface area contributed by atoms with Crippen molar-refractivity contribution in [1.29, 1.82) is 0 Å². The molecule has 1 aromatic carbocycles. The average molecular weight is 429 g/mol. The predicted molar refractivity (Wildman–Crippen MR) is 93.0 cm³/mol. The summed E-state index contributed by atoms with van der Waals surface area (Å²) in [7, 11) is -3.78. The van der Waals surface area contributed by atoms with Gasteiger partial charge in [-0.2, -0.15) is 4.31 Å². The highest BCUT2D eigenvalue weighted by molar-refractivity contribution is 9.10. The van der Waals surface area contributed by atoms with Gasteiger partial charge in [0, 0.05) is 49.8 Å². The molecular formula is C14H20BrClFN3O2S. The highest BCUT2D eigenvalue weighted by Gasteiger charge is 2.36. The predicted octanol–water partition coefficient (Wildman–Crippen LogP) is 1.68. The van der Waals surface area contributed by atoms with Crippen LogP contribution in [0.3, 0.4) is 0 Å². The third-order valence-corrected chi connectivity index (χ3v) is 6.68. The lowest BCUT2D eigenvalue weighted by atomic mass is 10.2. The van der Waals surface area contributed by atoms with E-state index in [9.17, 15) is 12.8 Å². The van der Waals surface area contributed by atoms with Gasteiger partial charge in [-0.3, -0.25) is 4.90 Å². The van der Waals surface area contributed by atoms with Crippen molar-refractivity contribution >= 4 is 38.4 Å². The van der Waals surface area contributed by atoms with Crippen molar-refractivity contribution in [3.8, 4) is 0 Å². The van der Waals surface area contributed by atoms with Gasteiger partial charge in [-0.25, -0.2) is 12.8 Å². The molecule has 1 atom stereocenters. The summed E-state index contributed by atoms with van der Waals surface area (Å²) < 4.78 is 41.2. The fourth-order valence-corrected chi connectivity index (χ4v) is 5.18. The first-order chi connectivity index (χ1) is 10.5. The molecule has 1 N–H and O–H groups in total. The van der Waals surface area contributed by atoms with Gasteiger partial charge < -0.3 is 5.32 Å². The molecule has 2 heterocycles. The van der Waals surface area contributed by atoms with Crippen LogP contribution in [0.4, 0.5) is 4.39 Å². The third-order valence-electron chi connectivity index (χ3n) is 4.31. The van der Waals surface area contributed by atoms with Crippen molar-refractivity contribution in [1.82, 2.24) is 14.5 Å². The van der Waals surface area contributed by atoms with Gasteiger partial charge in [0.1, 0.15) is 10.7 Å². The van der Waals surface area contributed by atoms with Crippen molar-refractivity contribution in [2.45, 2.75) is 17.4 Å². The van der Waals surface area contributed by atoms with E-state index in [1.54, 1.807) is 0 Å². The fraction of sp³-hybridized carbons (Fsp3) is 0.571. The maximum atomic E-state index is 13.9. The van der Waals surface area contributed by atoms with Crippen molar-refractivity contribution in [2.75, 3.05) is 39.3 Å². The van der Waals surface area contributed by atoms with Gasteiger partial charge in [-0.1, -0.05) is 15.9 Å². The van der Waals surface area contributed by atoms with Crippen molar-refractivity contribution in [3.63, 3.8) is 0 Å². The molecule has 2 saturated heterocycles. The molecule has 0 saturated carbocycles. The van der Waals surface area contributed by atoms with E-state index in [0.29, 0.717) is 17.6 Å². The van der Waals surface area contributed by atoms with Crippen LogP contribution in [0.15, 0.2) is 27.6 Å². The molecule has 5 nitrogen and oxygen atoms in total. The maximum absolute atomic E-state index is 13.9. The Morgan fingerprint density at radius 2 is 1.91 bits per heavy atom. The van der Waals surface area contributed by atoms with E-state index in [1.165, 1.54) is 22.5 Å². The molecular weight excluding hydrogens is 409 g/mol. The summed E-state index contributed by atoms with van der Waals surface area (Å²) in [6.07, 6.45) is 0.800. The smallest absolute Gasteiger partial charge is 0.246 e. The first kappa shape index (κ1) is 19.1. The Kier molecular flexibility index (Phi) is 6.43. The molecule has 1 unspecified atom stereocenters. The van der Waals surface area contributed by atoms with Crippen LogP contribution in [0.5, 0.6) is 0 Å². The van der Waals surface area contributed by atoms with E-state index in [0.717, 1.165) is 32.6 Å². The molecule has 0 aliphatic carbocycles. The summed E-state index contributed by atoms with van der Waals surface area (Å²) in [6, 6.07) is 4.25. The minimum atomic E-state index is -3.78. The number of hydrogen-bond acceptors (Lipinski definition) is 4. The van der Waals surface area contributed by atoms with Gasteiger partial charge in [-0.15, -0.1) is 12.4 Å². The molecule has 3 rings (SSSR count). The number of benzene rings is 1. The van der Waals surface area contributed by atoms with Crippen LogP contribution in [-0.2, 0) is 10.0 Å². The molecule has 130 valence electrons. The standard InChI is InChI=1S/C14H19BrFN3O2S.ClH/c15-11-1-2-13(16)14(9-11)22(20,21)19-6-3-12(10-19)18-7-4-17-5-8-18;/h1-2,9,12,17H,3-8,10H2;1H. The number of nitrogens with zero attached hydrogens (tertiary/aromatic N) is 2. The van der Waals surface area contributed by atoms with Crippen LogP contribution in [-0.4, -0.2) is 62.9 Å². The Hall–Kier alpha value is -0.250. The van der Waals surface area contributed by atoms with Crippen LogP contribution >= 0.6 is 28.3 Å². The molecule has 23 heavy (non-hydrogen) atoms. The van der Waals surface area contributed by atoms with Gasteiger partial charge in [-0.05, 0) is 24.6 Å². The topological polar surface area (TPSA) is 52.7 Å². The summed E-state index contributed by atoms with van der Waals surface area (Å²) in [5, 5.41) is 3.29. The molecule has 0 spiro atoms. The van der Waals surface area contributed by atoms with Crippen LogP contribution in [0, 0.1) is 5.82 Å². The Morgan fingerprint density at radius 1 is 1.22 bits per heavy atom. The van der Waals surface area contributed by atoms with Crippen LogP contribution in [0.2, 0.25) is 0 Å². The van der Waals surface area contributed by atoms with E-state index in [-0.39, 0.29) is 23.3 Å². The quantitative estimate of drug-likeness (QED) is 0.796. The van der Waals surface area contributed by atoms with Gasteiger partial charge >= 0.3 is 0 Å². The van der Waals surface area contributed by atoms with Crippen molar-refractivity contribution < 1.29 is 12.8 Å². The zero-order valence-electron chi connectivity index (χ0n) is 12.5. The zero-order chi connectivity index (χ0) is 15.7. The second kappa shape index (κ2) is 7.76. The molecule has 2 fully saturated rings. The lowest BCUT2D eigenvalue weighted by Crippen LogP contribution is -2.49. The Morgan fingerprint density at radius 3 is 2.61 bits per heavy atom. The summed E-state index contributed by atoms with van der Waals surface area (Å²) in [4.78, 5) is 2.08.